The molecule has 0 bridgehead atoms. The zero-order valence-corrected chi connectivity index (χ0v) is 15.2. The Labute approximate surface area is 155 Å². The second-order valence-electron chi connectivity index (χ2n) is 5.17. The molecule has 0 unspecified atom stereocenters. The molecular weight excluding hydrogens is 360 g/mol. The average molecular weight is 377 g/mol. The first-order valence-corrected chi connectivity index (χ1v) is 9.09. The number of halogens is 1. The summed E-state index contributed by atoms with van der Waals surface area (Å²) < 4.78 is 16.8. The van der Waals surface area contributed by atoms with Gasteiger partial charge in [-0.2, -0.15) is 0 Å². The van der Waals surface area contributed by atoms with E-state index in [1.165, 1.54) is 11.8 Å². The number of aromatic nitrogens is 2. The molecule has 0 aliphatic rings. The number of nitrogens with zero attached hydrogens (tertiary/aromatic N) is 2. The number of hydrogen-bond acceptors (Lipinski definition) is 6. The molecule has 0 atom stereocenters. The number of rotatable bonds is 8. The molecule has 0 aliphatic carbocycles. The molecule has 0 fully saturated rings. The largest absolute Gasteiger partial charge is 0.492 e. The fourth-order valence-electron chi connectivity index (χ4n) is 2.03. The fourth-order valence-corrected chi connectivity index (χ4v) is 2.75. The Bertz CT molecular complexity index is 808. The Balaban J connectivity index is 1.41. The molecule has 0 amide bonds. The summed E-state index contributed by atoms with van der Waals surface area (Å²) in [7, 11) is 0. The Morgan fingerprint density at radius 1 is 1.04 bits per heavy atom. The summed E-state index contributed by atoms with van der Waals surface area (Å²) in [6.07, 6.45) is 0. The van der Waals surface area contributed by atoms with Crippen molar-refractivity contribution in [3.05, 3.63) is 65.0 Å². The first-order chi connectivity index (χ1) is 12.2. The molecule has 3 aromatic rings. The number of para-hydroxylation sites is 1. The van der Waals surface area contributed by atoms with Crippen molar-refractivity contribution in [1.82, 2.24) is 10.2 Å². The van der Waals surface area contributed by atoms with Crippen molar-refractivity contribution in [2.45, 2.75) is 18.8 Å². The van der Waals surface area contributed by atoms with E-state index in [0.29, 0.717) is 34.2 Å². The SMILES string of the molecule is Cc1ccccc1OCCSc1nnc(COc2ccc(Cl)cc2)o1. The monoisotopic (exact) mass is 376 g/mol. The highest BCUT2D eigenvalue weighted by atomic mass is 35.5. The van der Waals surface area contributed by atoms with Crippen LogP contribution in [0.25, 0.3) is 0 Å². The van der Waals surface area contributed by atoms with Gasteiger partial charge in [0.2, 0.25) is 0 Å². The number of benzene rings is 2. The highest BCUT2D eigenvalue weighted by molar-refractivity contribution is 7.99. The molecule has 0 N–H and O–H groups in total. The molecule has 0 saturated carbocycles. The van der Waals surface area contributed by atoms with E-state index in [-0.39, 0.29) is 6.61 Å². The molecular formula is C18H17ClN2O3S. The first-order valence-electron chi connectivity index (χ1n) is 7.73. The van der Waals surface area contributed by atoms with Crippen LogP contribution < -0.4 is 9.47 Å². The minimum absolute atomic E-state index is 0.217. The van der Waals surface area contributed by atoms with Gasteiger partial charge in [-0.1, -0.05) is 41.6 Å². The van der Waals surface area contributed by atoms with Gasteiger partial charge in [0.1, 0.15) is 11.5 Å². The average Bonchev–Trinajstić information content (AvgIpc) is 3.07. The quantitative estimate of drug-likeness (QED) is 0.416. The topological polar surface area (TPSA) is 57.4 Å². The molecule has 0 aliphatic heterocycles. The zero-order valence-electron chi connectivity index (χ0n) is 13.6. The maximum absolute atomic E-state index is 5.83. The van der Waals surface area contributed by atoms with Gasteiger partial charge in [-0.25, -0.2) is 0 Å². The molecule has 1 heterocycles. The molecule has 130 valence electrons. The fraction of sp³-hybridized carbons (Fsp3) is 0.222. The van der Waals surface area contributed by atoms with Gasteiger partial charge in [0.05, 0.1) is 6.61 Å². The third-order valence-electron chi connectivity index (χ3n) is 3.28. The summed E-state index contributed by atoms with van der Waals surface area (Å²) in [5.41, 5.74) is 1.12. The van der Waals surface area contributed by atoms with Crippen molar-refractivity contribution in [1.29, 1.82) is 0 Å². The molecule has 25 heavy (non-hydrogen) atoms. The zero-order chi connectivity index (χ0) is 17.5. The summed E-state index contributed by atoms with van der Waals surface area (Å²) >= 11 is 7.28. The maximum Gasteiger partial charge on any atom is 0.276 e. The molecule has 7 heteroatoms. The van der Waals surface area contributed by atoms with Gasteiger partial charge in [-0.15, -0.1) is 10.2 Å². The van der Waals surface area contributed by atoms with Crippen LogP contribution in [0.3, 0.4) is 0 Å². The summed E-state index contributed by atoms with van der Waals surface area (Å²) in [6, 6.07) is 15.0. The van der Waals surface area contributed by atoms with Crippen LogP contribution in [0.2, 0.25) is 5.02 Å². The Hall–Kier alpha value is -2.18. The second kappa shape index (κ2) is 8.78. The molecule has 0 spiro atoms. The molecule has 5 nitrogen and oxygen atoms in total. The lowest BCUT2D eigenvalue weighted by Crippen LogP contribution is -2.01. The summed E-state index contributed by atoms with van der Waals surface area (Å²) in [5.74, 6) is 2.74. The van der Waals surface area contributed by atoms with E-state index < -0.39 is 0 Å². The Morgan fingerprint density at radius 3 is 2.64 bits per heavy atom. The summed E-state index contributed by atoms with van der Waals surface area (Å²) in [6.45, 7) is 2.80. The lowest BCUT2D eigenvalue weighted by molar-refractivity contribution is 0.252. The second-order valence-corrected chi connectivity index (χ2v) is 6.65. The van der Waals surface area contributed by atoms with Gasteiger partial charge < -0.3 is 13.9 Å². The van der Waals surface area contributed by atoms with E-state index in [9.17, 15) is 0 Å². The van der Waals surface area contributed by atoms with Gasteiger partial charge in [-0.3, -0.25) is 0 Å². The minimum atomic E-state index is 0.217. The smallest absolute Gasteiger partial charge is 0.276 e. The molecule has 3 rings (SSSR count). The van der Waals surface area contributed by atoms with Crippen molar-refractivity contribution in [2.24, 2.45) is 0 Å². The number of hydrogen-bond donors (Lipinski definition) is 0. The van der Waals surface area contributed by atoms with Crippen LogP contribution in [0.5, 0.6) is 11.5 Å². The van der Waals surface area contributed by atoms with Crippen LogP contribution in [0.1, 0.15) is 11.5 Å². The maximum atomic E-state index is 5.83. The number of aryl methyl sites for hydroxylation is 1. The lowest BCUT2D eigenvalue weighted by atomic mass is 10.2. The lowest BCUT2D eigenvalue weighted by Gasteiger charge is -2.07. The number of ether oxygens (including phenoxy) is 2. The van der Waals surface area contributed by atoms with Gasteiger partial charge in [0.25, 0.3) is 11.1 Å². The van der Waals surface area contributed by atoms with E-state index in [4.69, 9.17) is 25.5 Å². The van der Waals surface area contributed by atoms with Crippen LogP contribution in [0.15, 0.2) is 58.2 Å². The third-order valence-corrected chi connectivity index (χ3v) is 4.32. The molecule has 1 aromatic heterocycles. The van der Waals surface area contributed by atoms with Crippen molar-refractivity contribution in [3.8, 4) is 11.5 Å². The van der Waals surface area contributed by atoms with E-state index in [0.717, 1.165) is 11.3 Å². The first kappa shape index (κ1) is 17.6. The van der Waals surface area contributed by atoms with Crippen molar-refractivity contribution < 1.29 is 13.9 Å². The van der Waals surface area contributed by atoms with Crippen LogP contribution in [-0.2, 0) is 6.61 Å². The Morgan fingerprint density at radius 2 is 1.84 bits per heavy atom. The van der Waals surface area contributed by atoms with Gasteiger partial charge in [0, 0.05) is 10.8 Å². The van der Waals surface area contributed by atoms with Crippen LogP contribution in [-0.4, -0.2) is 22.6 Å². The van der Waals surface area contributed by atoms with Crippen LogP contribution >= 0.6 is 23.4 Å². The van der Waals surface area contributed by atoms with Crippen molar-refractivity contribution in [2.75, 3.05) is 12.4 Å². The van der Waals surface area contributed by atoms with E-state index >= 15 is 0 Å². The van der Waals surface area contributed by atoms with Crippen molar-refractivity contribution in [3.63, 3.8) is 0 Å². The molecule has 0 radical (unpaired) electrons. The minimum Gasteiger partial charge on any atom is -0.492 e. The van der Waals surface area contributed by atoms with Crippen LogP contribution in [0.4, 0.5) is 0 Å². The van der Waals surface area contributed by atoms with Crippen molar-refractivity contribution >= 4 is 23.4 Å². The molecule has 2 aromatic carbocycles. The van der Waals surface area contributed by atoms with E-state index in [2.05, 4.69) is 10.2 Å². The van der Waals surface area contributed by atoms with Gasteiger partial charge in [-0.05, 0) is 42.8 Å². The standard InChI is InChI=1S/C18H17ClN2O3S/c1-13-4-2-3-5-16(13)22-10-11-25-18-21-20-17(24-18)12-23-15-8-6-14(19)7-9-15/h2-9H,10-12H2,1H3. The van der Waals surface area contributed by atoms with E-state index in [1.54, 1.807) is 24.3 Å². The predicted octanol–water partition coefficient (Wildman–Crippen LogP) is 4.78. The summed E-state index contributed by atoms with van der Waals surface area (Å²) in [5, 5.41) is 9.13. The normalized spacial score (nSPS) is 10.6. The molecule has 0 saturated heterocycles. The van der Waals surface area contributed by atoms with Crippen LogP contribution in [0, 0.1) is 6.92 Å². The highest BCUT2D eigenvalue weighted by Crippen LogP contribution is 2.20. The summed E-state index contributed by atoms with van der Waals surface area (Å²) in [4.78, 5) is 0. The number of thioether (sulfide) groups is 1. The van der Waals surface area contributed by atoms with Gasteiger partial charge in [0.15, 0.2) is 6.61 Å². The third kappa shape index (κ3) is 5.41. The van der Waals surface area contributed by atoms with E-state index in [1.807, 2.05) is 31.2 Å². The highest BCUT2D eigenvalue weighted by Gasteiger charge is 2.08. The predicted molar refractivity (Wildman–Crippen MR) is 97.5 cm³/mol. The Kier molecular flexibility index (Phi) is 6.19. The van der Waals surface area contributed by atoms with Gasteiger partial charge >= 0.3 is 0 Å².